The first-order valence-corrected chi connectivity index (χ1v) is 8.81. The maximum Gasteiger partial charge on any atom is 0.291 e. The minimum atomic E-state index is -0.500. The predicted octanol–water partition coefficient (Wildman–Crippen LogP) is 3.40. The molecule has 0 saturated carbocycles. The van der Waals surface area contributed by atoms with Crippen molar-refractivity contribution < 1.29 is 23.8 Å². The summed E-state index contributed by atoms with van der Waals surface area (Å²) in [5, 5.41) is 16.3. The highest BCUT2D eigenvalue weighted by molar-refractivity contribution is 6.07. The predicted molar refractivity (Wildman–Crippen MR) is 107 cm³/mol. The van der Waals surface area contributed by atoms with E-state index in [2.05, 4.69) is 15.8 Å². The Bertz CT molecular complexity index is 1030. The van der Waals surface area contributed by atoms with Gasteiger partial charge in [-0.05, 0) is 55.0 Å². The first-order chi connectivity index (χ1) is 14.1. The highest BCUT2D eigenvalue weighted by Crippen LogP contribution is 2.26. The standard InChI is InChI=1S/C21H19N3O5/c1-2-28-19-12-14(9-10-17(19)25)13-22-24-20(26)15-6-3-4-7-16(15)23-21(27)18-8-5-11-29-18/h3-13,25H,2H2,1H3,(H,23,27)(H,24,26)/b22-13-. The number of furan rings is 1. The van der Waals surface area contributed by atoms with Gasteiger partial charge in [0.2, 0.25) is 0 Å². The molecule has 1 aromatic heterocycles. The fourth-order valence-corrected chi connectivity index (χ4v) is 2.49. The van der Waals surface area contributed by atoms with E-state index in [1.807, 2.05) is 6.92 Å². The molecule has 0 aliphatic carbocycles. The van der Waals surface area contributed by atoms with Crippen molar-refractivity contribution in [2.45, 2.75) is 6.92 Å². The second-order valence-electron chi connectivity index (χ2n) is 5.84. The Hall–Kier alpha value is -4.07. The zero-order valence-corrected chi connectivity index (χ0v) is 15.6. The Balaban J connectivity index is 1.69. The van der Waals surface area contributed by atoms with E-state index in [1.165, 1.54) is 24.6 Å². The Morgan fingerprint density at radius 3 is 2.72 bits per heavy atom. The molecule has 0 unspecified atom stereocenters. The zero-order valence-electron chi connectivity index (χ0n) is 15.6. The Kier molecular flexibility index (Phi) is 6.26. The number of ether oxygens (including phenoxy) is 1. The van der Waals surface area contributed by atoms with Crippen molar-refractivity contribution in [2.75, 3.05) is 11.9 Å². The number of hydrogen-bond acceptors (Lipinski definition) is 6. The van der Waals surface area contributed by atoms with E-state index in [-0.39, 0.29) is 17.1 Å². The number of anilines is 1. The number of benzene rings is 2. The van der Waals surface area contributed by atoms with Gasteiger partial charge in [-0.3, -0.25) is 9.59 Å². The minimum absolute atomic E-state index is 0.0225. The van der Waals surface area contributed by atoms with Gasteiger partial charge in [0.1, 0.15) is 0 Å². The maximum absolute atomic E-state index is 12.5. The van der Waals surface area contributed by atoms with E-state index in [0.29, 0.717) is 23.6 Å². The molecule has 8 heteroatoms. The minimum Gasteiger partial charge on any atom is -0.504 e. The molecule has 0 bridgehead atoms. The van der Waals surface area contributed by atoms with Gasteiger partial charge in [0, 0.05) is 0 Å². The molecule has 1 heterocycles. The summed E-state index contributed by atoms with van der Waals surface area (Å²) in [5.74, 6) is -0.481. The van der Waals surface area contributed by atoms with Gasteiger partial charge < -0.3 is 19.6 Å². The van der Waals surface area contributed by atoms with Crippen LogP contribution in [-0.4, -0.2) is 29.7 Å². The third-order valence-corrected chi connectivity index (χ3v) is 3.83. The SMILES string of the molecule is CCOc1cc(/C=N\NC(=O)c2ccccc2NC(=O)c2ccco2)ccc1O. The smallest absolute Gasteiger partial charge is 0.291 e. The number of amides is 2. The number of carbonyl (C=O) groups excluding carboxylic acids is 2. The Labute approximate surface area is 166 Å². The second kappa shape index (κ2) is 9.23. The van der Waals surface area contributed by atoms with Gasteiger partial charge in [-0.1, -0.05) is 12.1 Å². The summed E-state index contributed by atoms with van der Waals surface area (Å²) in [7, 11) is 0. The lowest BCUT2D eigenvalue weighted by atomic mass is 10.1. The van der Waals surface area contributed by atoms with E-state index < -0.39 is 11.8 Å². The molecule has 8 nitrogen and oxygen atoms in total. The maximum atomic E-state index is 12.5. The van der Waals surface area contributed by atoms with Crippen LogP contribution in [0.25, 0.3) is 0 Å². The van der Waals surface area contributed by atoms with Crippen LogP contribution in [0.1, 0.15) is 33.4 Å². The number of rotatable bonds is 7. The normalized spacial score (nSPS) is 10.7. The van der Waals surface area contributed by atoms with Crippen LogP contribution in [-0.2, 0) is 0 Å². The topological polar surface area (TPSA) is 113 Å². The van der Waals surface area contributed by atoms with Crippen molar-refractivity contribution >= 4 is 23.7 Å². The third kappa shape index (κ3) is 5.01. The first kappa shape index (κ1) is 19.7. The van der Waals surface area contributed by atoms with Crippen LogP contribution < -0.4 is 15.5 Å². The number of phenols is 1. The molecule has 0 saturated heterocycles. The number of nitrogens with one attached hydrogen (secondary N) is 2. The van der Waals surface area contributed by atoms with Crippen LogP contribution in [0.2, 0.25) is 0 Å². The summed E-state index contributed by atoms with van der Waals surface area (Å²) in [6.07, 6.45) is 2.81. The second-order valence-corrected chi connectivity index (χ2v) is 5.84. The Morgan fingerprint density at radius 1 is 1.14 bits per heavy atom. The quantitative estimate of drug-likeness (QED) is 0.421. The first-order valence-electron chi connectivity index (χ1n) is 8.81. The van der Waals surface area contributed by atoms with Gasteiger partial charge in [-0.2, -0.15) is 5.10 Å². The third-order valence-electron chi connectivity index (χ3n) is 3.83. The van der Waals surface area contributed by atoms with E-state index in [1.54, 1.807) is 42.5 Å². The lowest BCUT2D eigenvalue weighted by molar-refractivity contribution is 0.0956. The molecule has 29 heavy (non-hydrogen) atoms. The van der Waals surface area contributed by atoms with E-state index in [9.17, 15) is 14.7 Å². The molecule has 3 N–H and O–H groups in total. The van der Waals surface area contributed by atoms with Crippen molar-refractivity contribution in [1.29, 1.82) is 0 Å². The van der Waals surface area contributed by atoms with Crippen molar-refractivity contribution in [3.05, 3.63) is 77.7 Å². The molecule has 3 rings (SSSR count). The zero-order chi connectivity index (χ0) is 20.6. The van der Waals surface area contributed by atoms with Gasteiger partial charge in [0.15, 0.2) is 17.3 Å². The number of hydrazone groups is 1. The van der Waals surface area contributed by atoms with Crippen LogP contribution >= 0.6 is 0 Å². The molecule has 0 atom stereocenters. The highest BCUT2D eigenvalue weighted by Gasteiger charge is 2.15. The number of aromatic hydroxyl groups is 1. The largest absolute Gasteiger partial charge is 0.504 e. The number of hydrogen-bond donors (Lipinski definition) is 3. The molecule has 0 radical (unpaired) electrons. The number of carbonyl (C=O) groups is 2. The van der Waals surface area contributed by atoms with Crippen LogP contribution in [0.15, 0.2) is 70.4 Å². The van der Waals surface area contributed by atoms with E-state index in [0.717, 1.165) is 0 Å². The van der Waals surface area contributed by atoms with Crippen molar-refractivity contribution in [1.82, 2.24) is 5.43 Å². The van der Waals surface area contributed by atoms with Crippen LogP contribution in [0, 0.1) is 0 Å². The molecular formula is C21H19N3O5. The lowest BCUT2D eigenvalue weighted by Gasteiger charge is -2.09. The van der Waals surface area contributed by atoms with Gasteiger partial charge in [-0.25, -0.2) is 5.43 Å². The van der Waals surface area contributed by atoms with Gasteiger partial charge in [-0.15, -0.1) is 0 Å². The van der Waals surface area contributed by atoms with Gasteiger partial charge >= 0.3 is 0 Å². The van der Waals surface area contributed by atoms with Crippen molar-refractivity contribution in [2.24, 2.45) is 5.10 Å². The lowest BCUT2D eigenvalue weighted by Crippen LogP contribution is -2.21. The van der Waals surface area contributed by atoms with Crippen molar-refractivity contribution in [3.63, 3.8) is 0 Å². The fraction of sp³-hybridized carbons (Fsp3) is 0.0952. The molecule has 2 aromatic carbocycles. The summed E-state index contributed by atoms with van der Waals surface area (Å²) in [5.41, 5.74) is 3.61. The van der Waals surface area contributed by atoms with E-state index in [4.69, 9.17) is 9.15 Å². The molecule has 148 valence electrons. The van der Waals surface area contributed by atoms with Crippen LogP contribution in [0.5, 0.6) is 11.5 Å². The molecule has 3 aromatic rings. The summed E-state index contributed by atoms with van der Waals surface area (Å²) in [6, 6.07) is 14.4. The summed E-state index contributed by atoms with van der Waals surface area (Å²) in [6.45, 7) is 2.22. The van der Waals surface area contributed by atoms with Crippen molar-refractivity contribution in [3.8, 4) is 11.5 Å². The summed E-state index contributed by atoms with van der Waals surface area (Å²) in [4.78, 5) is 24.6. The molecule has 0 fully saturated rings. The number of para-hydroxylation sites is 1. The Morgan fingerprint density at radius 2 is 1.97 bits per heavy atom. The highest BCUT2D eigenvalue weighted by atomic mass is 16.5. The summed E-state index contributed by atoms with van der Waals surface area (Å²) >= 11 is 0. The average Bonchev–Trinajstić information content (AvgIpc) is 3.26. The van der Waals surface area contributed by atoms with Gasteiger partial charge in [0.05, 0.1) is 30.3 Å². The monoisotopic (exact) mass is 393 g/mol. The molecule has 2 amide bonds. The van der Waals surface area contributed by atoms with Gasteiger partial charge in [0.25, 0.3) is 11.8 Å². The van der Waals surface area contributed by atoms with Crippen LogP contribution in [0.4, 0.5) is 5.69 Å². The number of phenolic OH excluding ortho intramolecular Hbond substituents is 1. The molecule has 0 aliphatic rings. The molecule has 0 spiro atoms. The van der Waals surface area contributed by atoms with E-state index >= 15 is 0 Å². The average molecular weight is 393 g/mol. The van der Waals surface area contributed by atoms with Crippen LogP contribution in [0.3, 0.4) is 0 Å². The summed E-state index contributed by atoms with van der Waals surface area (Å²) < 4.78 is 10.4. The number of nitrogens with zero attached hydrogens (tertiary/aromatic N) is 1. The fourth-order valence-electron chi connectivity index (χ4n) is 2.49. The molecular weight excluding hydrogens is 374 g/mol. The molecule has 0 aliphatic heterocycles.